The van der Waals surface area contributed by atoms with Gasteiger partial charge in [0.25, 0.3) is 0 Å². The second-order valence-electron chi connectivity index (χ2n) is 5.05. The fourth-order valence-electron chi connectivity index (χ4n) is 2.44. The number of aryl methyl sites for hydroxylation is 1. The van der Waals surface area contributed by atoms with Gasteiger partial charge in [-0.25, -0.2) is 9.97 Å². The first-order chi connectivity index (χ1) is 10.1. The third-order valence-corrected chi connectivity index (χ3v) is 3.57. The Morgan fingerprint density at radius 2 is 2.19 bits per heavy atom. The van der Waals surface area contributed by atoms with Gasteiger partial charge in [0, 0.05) is 30.2 Å². The van der Waals surface area contributed by atoms with Gasteiger partial charge in [-0.2, -0.15) is 9.61 Å². The molecule has 0 saturated heterocycles. The molecule has 0 amide bonds. The number of nitrogens with zero attached hydrogens (tertiary/aromatic N) is 5. The number of aromatic amines is 1. The fourth-order valence-corrected chi connectivity index (χ4v) is 2.44. The van der Waals surface area contributed by atoms with Crippen molar-refractivity contribution in [2.45, 2.75) is 27.2 Å². The molecule has 3 heterocycles. The number of nitrogens with one attached hydrogen (secondary N) is 1. The van der Waals surface area contributed by atoms with Crippen LogP contribution in [0.3, 0.4) is 0 Å². The van der Waals surface area contributed by atoms with E-state index in [1.165, 1.54) is 0 Å². The van der Waals surface area contributed by atoms with Crippen molar-refractivity contribution >= 4 is 23.1 Å². The normalized spacial score (nSPS) is 11.2. The maximum atomic E-state index is 5.97. The standard InChI is InChI=1S/C14H19N7/c1-4-7-20(14-16-5-6-17-14)13-9(2)10(3)19-12-11(15)8-18-21(12)13/h5-6,8H,4,7,15H2,1-3H3,(H,16,17). The number of anilines is 3. The first-order valence-corrected chi connectivity index (χ1v) is 7.00. The van der Waals surface area contributed by atoms with Crippen molar-refractivity contribution in [1.29, 1.82) is 0 Å². The van der Waals surface area contributed by atoms with E-state index in [2.05, 4.69) is 31.9 Å². The molecular formula is C14H19N7. The molecule has 0 aliphatic carbocycles. The van der Waals surface area contributed by atoms with Crippen LogP contribution in [0, 0.1) is 13.8 Å². The second kappa shape index (κ2) is 5.08. The minimum atomic E-state index is 0.579. The summed E-state index contributed by atoms with van der Waals surface area (Å²) in [6.07, 6.45) is 6.18. The largest absolute Gasteiger partial charge is 0.394 e. The Hall–Kier alpha value is -2.57. The lowest BCUT2D eigenvalue weighted by atomic mass is 10.2. The van der Waals surface area contributed by atoms with E-state index in [1.54, 1.807) is 16.9 Å². The summed E-state index contributed by atoms with van der Waals surface area (Å²) in [7, 11) is 0. The maximum Gasteiger partial charge on any atom is 0.208 e. The van der Waals surface area contributed by atoms with Gasteiger partial charge in [-0.1, -0.05) is 6.92 Å². The molecule has 0 aliphatic rings. The van der Waals surface area contributed by atoms with Gasteiger partial charge < -0.3 is 10.7 Å². The van der Waals surface area contributed by atoms with E-state index in [-0.39, 0.29) is 0 Å². The first kappa shape index (κ1) is 13.4. The number of rotatable bonds is 4. The van der Waals surface area contributed by atoms with E-state index < -0.39 is 0 Å². The summed E-state index contributed by atoms with van der Waals surface area (Å²) in [5.74, 6) is 1.74. The first-order valence-electron chi connectivity index (χ1n) is 7.00. The quantitative estimate of drug-likeness (QED) is 0.767. The fraction of sp³-hybridized carbons (Fsp3) is 0.357. The predicted molar refractivity (Wildman–Crippen MR) is 82.8 cm³/mol. The molecule has 7 heteroatoms. The van der Waals surface area contributed by atoms with Crippen LogP contribution < -0.4 is 10.6 Å². The molecule has 0 aliphatic heterocycles. The zero-order valence-electron chi connectivity index (χ0n) is 12.5. The summed E-state index contributed by atoms with van der Waals surface area (Å²) in [4.78, 5) is 14.2. The molecule has 0 fully saturated rings. The van der Waals surface area contributed by atoms with Gasteiger partial charge in [0.05, 0.1) is 11.9 Å². The van der Waals surface area contributed by atoms with Crippen LogP contribution in [-0.2, 0) is 0 Å². The Bertz CT molecular complexity index is 757. The summed E-state index contributed by atoms with van der Waals surface area (Å²) < 4.78 is 1.79. The summed E-state index contributed by atoms with van der Waals surface area (Å²) >= 11 is 0. The summed E-state index contributed by atoms with van der Waals surface area (Å²) in [5.41, 5.74) is 9.24. The van der Waals surface area contributed by atoms with Crippen LogP contribution in [0.2, 0.25) is 0 Å². The molecule has 0 aromatic carbocycles. The number of fused-ring (bicyclic) bond motifs is 1. The van der Waals surface area contributed by atoms with Gasteiger partial charge in [0.1, 0.15) is 5.82 Å². The average molecular weight is 285 g/mol. The molecule has 0 spiro atoms. The van der Waals surface area contributed by atoms with Gasteiger partial charge in [-0.05, 0) is 20.3 Å². The molecule has 21 heavy (non-hydrogen) atoms. The molecular weight excluding hydrogens is 266 g/mol. The topological polar surface area (TPSA) is 88.1 Å². The number of imidazole rings is 1. The average Bonchev–Trinajstić information content (AvgIpc) is 3.10. The van der Waals surface area contributed by atoms with Gasteiger partial charge in [-0.3, -0.25) is 4.90 Å². The van der Waals surface area contributed by atoms with Crippen molar-refractivity contribution < 1.29 is 0 Å². The molecule has 110 valence electrons. The summed E-state index contributed by atoms with van der Waals surface area (Å²) in [5, 5.41) is 4.38. The van der Waals surface area contributed by atoms with Crippen LogP contribution >= 0.6 is 0 Å². The lowest BCUT2D eigenvalue weighted by Crippen LogP contribution is -2.24. The highest BCUT2D eigenvalue weighted by atomic mass is 15.4. The van der Waals surface area contributed by atoms with Crippen molar-refractivity contribution in [2.24, 2.45) is 0 Å². The molecule has 3 aromatic heterocycles. The molecule has 0 bridgehead atoms. The highest BCUT2D eigenvalue weighted by molar-refractivity contribution is 5.70. The molecule has 0 radical (unpaired) electrons. The zero-order chi connectivity index (χ0) is 15.0. The van der Waals surface area contributed by atoms with Crippen LogP contribution in [0.1, 0.15) is 24.6 Å². The van der Waals surface area contributed by atoms with E-state index in [9.17, 15) is 0 Å². The Morgan fingerprint density at radius 1 is 1.38 bits per heavy atom. The van der Waals surface area contributed by atoms with Crippen molar-refractivity contribution in [1.82, 2.24) is 24.6 Å². The SMILES string of the molecule is CCCN(c1ncc[nH]1)c1c(C)c(C)nc2c(N)cnn12. The summed E-state index contributed by atoms with van der Waals surface area (Å²) in [6, 6.07) is 0. The second-order valence-corrected chi connectivity index (χ2v) is 5.05. The van der Waals surface area contributed by atoms with Gasteiger partial charge in [0.15, 0.2) is 5.65 Å². The van der Waals surface area contributed by atoms with Gasteiger partial charge >= 0.3 is 0 Å². The smallest absolute Gasteiger partial charge is 0.208 e. The van der Waals surface area contributed by atoms with E-state index >= 15 is 0 Å². The minimum absolute atomic E-state index is 0.579. The number of hydrogen-bond acceptors (Lipinski definition) is 5. The number of nitrogen functional groups attached to an aromatic ring is 1. The van der Waals surface area contributed by atoms with Crippen molar-refractivity contribution in [3.8, 4) is 0 Å². The highest BCUT2D eigenvalue weighted by Crippen LogP contribution is 2.29. The van der Waals surface area contributed by atoms with Crippen LogP contribution in [0.5, 0.6) is 0 Å². The monoisotopic (exact) mass is 285 g/mol. The van der Waals surface area contributed by atoms with Crippen LogP contribution in [0.25, 0.3) is 5.65 Å². The molecule has 3 N–H and O–H groups in total. The lowest BCUT2D eigenvalue weighted by Gasteiger charge is -2.24. The molecule has 0 atom stereocenters. The third kappa shape index (κ3) is 2.10. The van der Waals surface area contributed by atoms with Crippen LogP contribution in [0.4, 0.5) is 17.5 Å². The van der Waals surface area contributed by atoms with E-state index in [0.29, 0.717) is 11.3 Å². The predicted octanol–water partition coefficient (Wildman–Crippen LogP) is 2.20. The van der Waals surface area contributed by atoms with Gasteiger partial charge in [0.2, 0.25) is 5.95 Å². The number of nitrogens with two attached hydrogens (primary N) is 1. The number of aromatic nitrogens is 5. The Labute approximate surface area is 122 Å². The van der Waals surface area contributed by atoms with E-state index in [0.717, 1.165) is 36.0 Å². The number of hydrogen-bond donors (Lipinski definition) is 2. The Balaban J connectivity index is 2.28. The lowest BCUT2D eigenvalue weighted by molar-refractivity contribution is 0.801. The third-order valence-electron chi connectivity index (χ3n) is 3.57. The molecule has 0 unspecified atom stereocenters. The van der Waals surface area contributed by atoms with Crippen LogP contribution in [0.15, 0.2) is 18.6 Å². The molecule has 3 rings (SSSR count). The number of H-pyrrole nitrogens is 1. The van der Waals surface area contributed by atoms with E-state index in [1.807, 2.05) is 20.0 Å². The highest BCUT2D eigenvalue weighted by Gasteiger charge is 2.20. The van der Waals surface area contributed by atoms with Crippen molar-refractivity contribution in [3.63, 3.8) is 0 Å². The molecule has 7 nitrogen and oxygen atoms in total. The van der Waals surface area contributed by atoms with Crippen molar-refractivity contribution in [3.05, 3.63) is 29.8 Å². The molecule has 3 aromatic rings. The zero-order valence-corrected chi connectivity index (χ0v) is 12.5. The minimum Gasteiger partial charge on any atom is -0.394 e. The van der Waals surface area contributed by atoms with Crippen molar-refractivity contribution in [2.75, 3.05) is 17.2 Å². The Kier molecular flexibility index (Phi) is 3.25. The van der Waals surface area contributed by atoms with E-state index in [4.69, 9.17) is 5.73 Å². The molecule has 0 saturated carbocycles. The Morgan fingerprint density at radius 3 is 2.86 bits per heavy atom. The summed E-state index contributed by atoms with van der Waals surface area (Å²) in [6.45, 7) is 6.98. The van der Waals surface area contributed by atoms with Crippen LogP contribution in [-0.4, -0.2) is 31.1 Å². The van der Waals surface area contributed by atoms with Gasteiger partial charge in [-0.15, -0.1) is 0 Å². The maximum absolute atomic E-state index is 5.97.